The van der Waals surface area contributed by atoms with Gasteiger partial charge in [0, 0.05) is 13.1 Å². The fourth-order valence-corrected chi connectivity index (χ4v) is 1.93. The highest BCUT2D eigenvalue weighted by molar-refractivity contribution is 5.46. The van der Waals surface area contributed by atoms with Gasteiger partial charge in [0.05, 0.1) is 11.9 Å². The van der Waals surface area contributed by atoms with Gasteiger partial charge in [0.25, 0.3) is 0 Å². The quantitative estimate of drug-likeness (QED) is 0.765. The number of pyridine rings is 1. The number of piperidine rings is 1. The summed E-state index contributed by atoms with van der Waals surface area (Å²) in [4.78, 5) is 6.69. The van der Waals surface area contributed by atoms with Crippen molar-refractivity contribution in [1.82, 2.24) is 4.98 Å². The van der Waals surface area contributed by atoms with Gasteiger partial charge < -0.3 is 10.6 Å². The first-order chi connectivity index (χ1) is 7.07. The van der Waals surface area contributed by atoms with Gasteiger partial charge in [0.2, 0.25) is 0 Å². The first-order valence-corrected chi connectivity index (χ1v) is 5.53. The van der Waals surface area contributed by atoms with E-state index in [0.29, 0.717) is 5.41 Å². The minimum Gasteiger partial charge on any atom is -0.397 e. The van der Waals surface area contributed by atoms with Crippen LogP contribution in [0.5, 0.6) is 0 Å². The van der Waals surface area contributed by atoms with Gasteiger partial charge in [-0.1, -0.05) is 13.8 Å². The van der Waals surface area contributed by atoms with Crippen LogP contribution in [0.4, 0.5) is 11.5 Å². The van der Waals surface area contributed by atoms with Crippen molar-refractivity contribution in [3.63, 3.8) is 0 Å². The molecule has 0 aliphatic carbocycles. The van der Waals surface area contributed by atoms with Crippen molar-refractivity contribution in [2.24, 2.45) is 5.41 Å². The van der Waals surface area contributed by atoms with Crippen molar-refractivity contribution in [1.29, 1.82) is 0 Å². The maximum Gasteiger partial charge on any atom is 0.128 e. The maximum atomic E-state index is 5.62. The lowest BCUT2D eigenvalue weighted by Crippen LogP contribution is -2.37. The number of rotatable bonds is 1. The van der Waals surface area contributed by atoms with Crippen LogP contribution in [0.3, 0.4) is 0 Å². The third-order valence-electron chi connectivity index (χ3n) is 3.21. The molecular weight excluding hydrogens is 186 g/mol. The van der Waals surface area contributed by atoms with Gasteiger partial charge in [0.1, 0.15) is 5.82 Å². The highest BCUT2D eigenvalue weighted by Gasteiger charge is 2.25. The first kappa shape index (κ1) is 10.3. The summed E-state index contributed by atoms with van der Waals surface area (Å²) in [5, 5.41) is 0. The molecule has 3 heteroatoms. The molecule has 1 aliphatic heterocycles. The zero-order chi connectivity index (χ0) is 10.9. The zero-order valence-corrected chi connectivity index (χ0v) is 9.53. The Hall–Kier alpha value is -1.25. The highest BCUT2D eigenvalue weighted by Crippen LogP contribution is 2.31. The molecule has 2 N–H and O–H groups in total. The number of nitrogens with two attached hydrogens (primary N) is 1. The van der Waals surface area contributed by atoms with Crippen LogP contribution in [0.2, 0.25) is 0 Å². The summed E-state index contributed by atoms with van der Waals surface area (Å²) in [5.41, 5.74) is 6.84. The van der Waals surface area contributed by atoms with Gasteiger partial charge in [-0.25, -0.2) is 4.98 Å². The number of hydrogen-bond acceptors (Lipinski definition) is 3. The van der Waals surface area contributed by atoms with Gasteiger partial charge in [0.15, 0.2) is 0 Å². The van der Waals surface area contributed by atoms with E-state index in [1.54, 1.807) is 6.20 Å². The average molecular weight is 205 g/mol. The van der Waals surface area contributed by atoms with Gasteiger partial charge in [-0.3, -0.25) is 0 Å². The summed E-state index contributed by atoms with van der Waals surface area (Å²) in [6.45, 7) is 6.87. The molecule has 0 saturated carbocycles. The van der Waals surface area contributed by atoms with Crippen molar-refractivity contribution in [3.05, 3.63) is 18.3 Å². The second-order valence-corrected chi connectivity index (χ2v) is 5.10. The molecule has 2 rings (SSSR count). The number of anilines is 2. The molecule has 0 spiro atoms. The fourth-order valence-electron chi connectivity index (χ4n) is 1.93. The summed E-state index contributed by atoms with van der Waals surface area (Å²) in [6.07, 6.45) is 4.20. The van der Waals surface area contributed by atoms with Crippen LogP contribution >= 0.6 is 0 Å². The van der Waals surface area contributed by atoms with Crippen LogP contribution in [-0.4, -0.2) is 18.1 Å². The molecule has 0 bridgehead atoms. The summed E-state index contributed by atoms with van der Waals surface area (Å²) in [5.74, 6) is 1.06. The molecule has 1 saturated heterocycles. The fraction of sp³-hybridized carbons (Fsp3) is 0.583. The molecule has 82 valence electrons. The van der Waals surface area contributed by atoms with E-state index in [-0.39, 0.29) is 0 Å². The Morgan fingerprint density at radius 2 is 1.93 bits per heavy atom. The second kappa shape index (κ2) is 3.72. The van der Waals surface area contributed by atoms with Gasteiger partial charge in [-0.05, 0) is 30.4 Å². The molecule has 2 heterocycles. The number of hydrogen-bond donors (Lipinski definition) is 1. The van der Waals surface area contributed by atoms with Gasteiger partial charge in [-0.2, -0.15) is 0 Å². The van der Waals surface area contributed by atoms with Crippen LogP contribution < -0.4 is 10.6 Å². The van der Waals surface area contributed by atoms with E-state index >= 15 is 0 Å². The van der Waals surface area contributed by atoms with E-state index in [2.05, 4.69) is 23.7 Å². The van der Waals surface area contributed by atoms with Crippen LogP contribution in [0.1, 0.15) is 26.7 Å². The highest BCUT2D eigenvalue weighted by atomic mass is 15.2. The van der Waals surface area contributed by atoms with E-state index in [4.69, 9.17) is 5.73 Å². The van der Waals surface area contributed by atoms with Crippen molar-refractivity contribution in [3.8, 4) is 0 Å². The zero-order valence-electron chi connectivity index (χ0n) is 9.53. The predicted octanol–water partition coefficient (Wildman–Crippen LogP) is 2.29. The van der Waals surface area contributed by atoms with Crippen molar-refractivity contribution in [2.45, 2.75) is 26.7 Å². The Morgan fingerprint density at radius 3 is 2.47 bits per heavy atom. The molecule has 0 radical (unpaired) electrons. The predicted molar refractivity (Wildman–Crippen MR) is 63.9 cm³/mol. The second-order valence-electron chi connectivity index (χ2n) is 5.10. The lowest BCUT2D eigenvalue weighted by molar-refractivity contribution is 0.279. The van der Waals surface area contributed by atoms with Crippen molar-refractivity contribution in [2.75, 3.05) is 23.7 Å². The number of nitrogen functional groups attached to an aromatic ring is 1. The first-order valence-electron chi connectivity index (χ1n) is 5.53. The van der Waals surface area contributed by atoms with E-state index < -0.39 is 0 Å². The Bertz CT molecular complexity index is 319. The number of aromatic nitrogens is 1. The van der Waals surface area contributed by atoms with E-state index in [9.17, 15) is 0 Å². The van der Waals surface area contributed by atoms with Crippen LogP contribution in [0.15, 0.2) is 18.3 Å². The molecule has 15 heavy (non-hydrogen) atoms. The third-order valence-corrected chi connectivity index (χ3v) is 3.21. The maximum absolute atomic E-state index is 5.62. The third kappa shape index (κ3) is 2.41. The Kier molecular flexibility index (Phi) is 2.55. The lowest BCUT2D eigenvalue weighted by atomic mass is 9.83. The molecule has 1 fully saturated rings. The Morgan fingerprint density at radius 1 is 1.27 bits per heavy atom. The molecular formula is C12H19N3. The van der Waals surface area contributed by atoms with Gasteiger partial charge >= 0.3 is 0 Å². The van der Waals surface area contributed by atoms with E-state index in [1.165, 1.54) is 12.8 Å². The molecule has 0 amide bonds. The molecule has 1 aromatic rings. The minimum absolute atomic E-state index is 0.490. The SMILES string of the molecule is CC1(C)CCN(c2ccc(N)cn2)CC1. The molecule has 0 unspecified atom stereocenters. The van der Waals surface area contributed by atoms with E-state index in [1.807, 2.05) is 12.1 Å². The van der Waals surface area contributed by atoms with Crippen LogP contribution in [-0.2, 0) is 0 Å². The smallest absolute Gasteiger partial charge is 0.128 e. The monoisotopic (exact) mass is 205 g/mol. The molecule has 0 atom stereocenters. The molecule has 3 nitrogen and oxygen atoms in total. The normalized spacial score (nSPS) is 20.3. The standard InChI is InChI=1S/C12H19N3/c1-12(2)5-7-15(8-6-12)11-4-3-10(13)9-14-11/h3-4,9H,5-8,13H2,1-2H3. The number of nitrogens with zero attached hydrogens (tertiary/aromatic N) is 2. The topological polar surface area (TPSA) is 42.1 Å². The summed E-state index contributed by atoms with van der Waals surface area (Å²) in [7, 11) is 0. The lowest BCUT2D eigenvalue weighted by Gasteiger charge is -2.37. The largest absolute Gasteiger partial charge is 0.397 e. The summed E-state index contributed by atoms with van der Waals surface area (Å²) in [6, 6.07) is 3.93. The van der Waals surface area contributed by atoms with Gasteiger partial charge in [-0.15, -0.1) is 0 Å². The van der Waals surface area contributed by atoms with Crippen molar-refractivity contribution >= 4 is 11.5 Å². The van der Waals surface area contributed by atoms with Crippen LogP contribution in [0, 0.1) is 5.41 Å². The van der Waals surface area contributed by atoms with Crippen molar-refractivity contribution < 1.29 is 0 Å². The molecule has 0 aromatic carbocycles. The summed E-state index contributed by atoms with van der Waals surface area (Å²) < 4.78 is 0. The average Bonchev–Trinajstić information content (AvgIpc) is 2.20. The minimum atomic E-state index is 0.490. The molecule has 1 aromatic heterocycles. The Labute approximate surface area is 91.3 Å². The van der Waals surface area contributed by atoms with E-state index in [0.717, 1.165) is 24.6 Å². The van der Waals surface area contributed by atoms with Crippen LogP contribution in [0.25, 0.3) is 0 Å². The molecule has 1 aliphatic rings. The summed E-state index contributed by atoms with van der Waals surface area (Å²) >= 11 is 0. The Balaban J connectivity index is 2.04.